The van der Waals surface area contributed by atoms with E-state index in [0.717, 1.165) is 43.2 Å². The van der Waals surface area contributed by atoms with Gasteiger partial charge in [0.05, 0.1) is 25.4 Å². The zero-order valence-electron chi connectivity index (χ0n) is 34.9. The second-order valence-electron chi connectivity index (χ2n) is 14.9. The highest BCUT2D eigenvalue weighted by atomic mass is 28.4. The van der Waals surface area contributed by atoms with Crippen molar-refractivity contribution in [1.29, 1.82) is 0 Å². The predicted molar refractivity (Wildman–Crippen MR) is 217 cm³/mol. The van der Waals surface area contributed by atoms with E-state index in [-0.39, 0.29) is 58.8 Å². The Kier molecular flexibility index (Phi) is 25.8. The molecular weight excluding hydrogens is 781 g/mol. The highest BCUT2D eigenvalue weighted by molar-refractivity contribution is 6.84. The van der Waals surface area contributed by atoms with Crippen molar-refractivity contribution in [2.45, 2.75) is 89.3 Å². The van der Waals surface area contributed by atoms with E-state index in [1.807, 2.05) is 0 Å². The first-order chi connectivity index (χ1) is 26.6. The van der Waals surface area contributed by atoms with Gasteiger partial charge in [0.25, 0.3) is 0 Å². The third-order valence-electron chi connectivity index (χ3n) is 7.91. The largest absolute Gasteiger partial charge is 0.460 e. The van der Waals surface area contributed by atoms with E-state index in [1.165, 1.54) is 13.0 Å². The van der Waals surface area contributed by atoms with Gasteiger partial charge in [0.1, 0.15) is 38.6 Å². The Morgan fingerprint density at radius 3 is 1.33 bits per heavy atom. The molecule has 0 aliphatic heterocycles. The molecule has 0 aliphatic rings. The molecule has 2 amide bonds. The Bertz CT molecular complexity index is 1290. The first-order valence-corrected chi connectivity index (χ1v) is 24.9. The minimum atomic E-state index is -2.00. The van der Waals surface area contributed by atoms with E-state index in [1.54, 1.807) is 13.8 Å². The van der Waals surface area contributed by atoms with E-state index in [2.05, 4.69) is 63.1 Å². The van der Waals surface area contributed by atoms with Crippen LogP contribution in [0.4, 0.5) is 9.59 Å². The third-order valence-corrected chi connectivity index (χ3v) is 15.4. The number of esters is 3. The summed E-state index contributed by atoms with van der Waals surface area (Å²) in [5.74, 6) is -2.44. The molecule has 0 saturated heterocycles. The zero-order chi connectivity index (χ0) is 43.5. The number of rotatable bonds is 32. The summed E-state index contributed by atoms with van der Waals surface area (Å²) in [5, 5.41) is 15.3. The lowest BCUT2D eigenvalue weighted by Gasteiger charge is -2.34. The number of hydrogen-bond acceptors (Lipinski definition) is 15. The van der Waals surface area contributed by atoms with Crippen LogP contribution < -0.4 is 10.6 Å². The van der Waals surface area contributed by atoms with Gasteiger partial charge in [-0.15, -0.1) is 6.58 Å². The van der Waals surface area contributed by atoms with Gasteiger partial charge in [-0.2, -0.15) is 0 Å². The number of aliphatic hydroxyl groups is 1. The fourth-order valence-electron chi connectivity index (χ4n) is 4.84. The number of carbonyl (C=O) groups is 5. The molecule has 0 aromatic rings. The molecule has 0 rings (SSSR count). The van der Waals surface area contributed by atoms with Crippen LogP contribution in [0.3, 0.4) is 0 Å². The van der Waals surface area contributed by atoms with Crippen molar-refractivity contribution in [2.24, 2.45) is 5.92 Å². The SMILES string of the molecule is C=CC(=O)OCC(C)(COC(=O)C=C)NC(=O)OCCOCCC[Si](C)(C)O[Si](C)(C)CCCOCCOC(=O)NC(C)(COC(=O)C=C)COC(O)C(C)C=C. The average Bonchev–Trinajstić information content (AvgIpc) is 3.15. The summed E-state index contributed by atoms with van der Waals surface area (Å²) in [6.07, 6.45) is 3.29. The second kappa shape index (κ2) is 27.7. The summed E-state index contributed by atoms with van der Waals surface area (Å²) >= 11 is 0. The van der Waals surface area contributed by atoms with Gasteiger partial charge in [0.2, 0.25) is 0 Å². The smallest absolute Gasteiger partial charge is 0.407 e. The number of aliphatic hydroxyl groups excluding tert-OH is 1. The molecule has 3 unspecified atom stereocenters. The Hall–Kier alpha value is -3.86. The maximum absolute atomic E-state index is 12.5. The molecule has 3 atom stereocenters. The fraction of sp³-hybridized carbons (Fsp3) is 0.658. The molecule has 0 fully saturated rings. The van der Waals surface area contributed by atoms with Gasteiger partial charge in [-0.3, -0.25) is 0 Å². The average molecular weight is 847 g/mol. The maximum Gasteiger partial charge on any atom is 0.407 e. The lowest BCUT2D eigenvalue weighted by atomic mass is 10.1. The number of alkyl carbamates (subject to hydrolysis) is 2. The summed E-state index contributed by atoms with van der Waals surface area (Å²) in [7, 11) is -4.00. The number of nitrogens with one attached hydrogen (secondary N) is 2. The topological polar surface area (TPSA) is 213 Å². The molecule has 57 heavy (non-hydrogen) atoms. The standard InChI is InChI=1S/C38H66N2O15Si2/c1-12-30(5)34(44)54-29-38(7,28-53-33(43)15-4)40-36(46)50-23-21-48-19-17-25-57(10,11)55-56(8,9)24-16-18-47-20-22-49-35(45)39-37(6,26-51-31(41)13-2)27-52-32(42)14-3/h12-15,30,34,44H,1-4,16-29H2,5-11H3,(H,39,45)(H,40,46). The van der Waals surface area contributed by atoms with Crippen LogP contribution in [0.2, 0.25) is 38.3 Å². The van der Waals surface area contributed by atoms with E-state index >= 15 is 0 Å². The minimum Gasteiger partial charge on any atom is -0.460 e. The van der Waals surface area contributed by atoms with Crippen molar-refractivity contribution >= 4 is 46.7 Å². The van der Waals surface area contributed by atoms with Crippen molar-refractivity contribution in [3.8, 4) is 0 Å². The lowest BCUT2D eigenvalue weighted by molar-refractivity contribution is -0.150. The van der Waals surface area contributed by atoms with E-state index in [0.29, 0.717) is 13.2 Å². The summed E-state index contributed by atoms with van der Waals surface area (Å²) < 4.78 is 49.0. The van der Waals surface area contributed by atoms with Gasteiger partial charge < -0.3 is 57.8 Å². The molecule has 0 heterocycles. The number of hydrogen-bond donors (Lipinski definition) is 3. The van der Waals surface area contributed by atoms with Crippen LogP contribution in [0, 0.1) is 5.92 Å². The van der Waals surface area contributed by atoms with Crippen LogP contribution in [0.1, 0.15) is 33.6 Å². The minimum absolute atomic E-state index is 0.00647. The summed E-state index contributed by atoms with van der Waals surface area (Å²) in [6.45, 7) is 27.4. The molecule has 0 aliphatic carbocycles. The molecule has 0 aromatic carbocycles. The molecule has 0 saturated carbocycles. The van der Waals surface area contributed by atoms with Crippen LogP contribution in [-0.4, -0.2) is 135 Å². The number of amides is 2. The van der Waals surface area contributed by atoms with Crippen LogP contribution in [0.5, 0.6) is 0 Å². The second-order valence-corrected chi connectivity index (χ2v) is 23.8. The molecule has 3 N–H and O–H groups in total. The normalized spacial score (nSPS) is 13.8. The first kappa shape index (κ1) is 53.1. The van der Waals surface area contributed by atoms with Crippen molar-refractivity contribution in [3.63, 3.8) is 0 Å². The van der Waals surface area contributed by atoms with Crippen molar-refractivity contribution in [2.75, 3.05) is 66.1 Å². The van der Waals surface area contributed by atoms with Gasteiger partial charge in [-0.25, -0.2) is 24.0 Å². The van der Waals surface area contributed by atoms with E-state index < -0.39 is 64.1 Å². The Balaban J connectivity index is 4.46. The maximum atomic E-state index is 12.5. The van der Waals surface area contributed by atoms with Crippen LogP contribution >= 0.6 is 0 Å². The first-order valence-electron chi connectivity index (χ1n) is 18.7. The van der Waals surface area contributed by atoms with Crippen LogP contribution in [0.25, 0.3) is 0 Å². The highest BCUT2D eigenvalue weighted by Gasteiger charge is 2.34. The summed E-state index contributed by atoms with van der Waals surface area (Å²) in [6, 6.07) is 1.76. The van der Waals surface area contributed by atoms with Crippen LogP contribution in [0.15, 0.2) is 50.6 Å². The molecule has 0 spiro atoms. The number of carbonyl (C=O) groups excluding carboxylic acids is 5. The van der Waals surface area contributed by atoms with E-state index in [9.17, 15) is 29.1 Å². The van der Waals surface area contributed by atoms with Gasteiger partial charge in [0, 0.05) is 37.4 Å². The third kappa shape index (κ3) is 26.6. The molecule has 17 nitrogen and oxygen atoms in total. The summed E-state index contributed by atoms with van der Waals surface area (Å²) in [5.41, 5.74) is -2.45. The summed E-state index contributed by atoms with van der Waals surface area (Å²) in [4.78, 5) is 59.5. The molecule has 19 heteroatoms. The Morgan fingerprint density at radius 2 is 0.982 bits per heavy atom. The van der Waals surface area contributed by atoms with Crippen molar-refractivity contribution < 1.29 is 71.1 Å². The van der Waals surface area contributed by atoms with Gasteiger partial charge in [-0.05, 0) is 65.0 Å². The molecule has 0 radical (unpaired) electrons. The Morgan fingerprint density at radius 1 is 0.614 bits per heavy atom. The van der Waals surface area contributed by atoms with Crippen molar-refractivity contribution in [1.82, 2.24) is 10.6 Å². The predicted octanol–water partition coefficient (Wildman–Crippen LogP) is 4.54. The molecule has 326 valence electrons. The van der Waals surface area contributed by atoms with Gasteiger partial charge in [-0.1, -0.05) is 32.7 Å². The lowest BCUT2D eigenvalue weighted by Crippen LogP contribution is -2.54. The van der Waals surface area contributed by atoms with Crippen LogP contribution in [-0.2, 0) is 56.4 Å². The molecular formula is C38H66N2O15Si2. The van der Waals surface area contributed by atoms with Gasteiger partial charge in [0.15, 0.2) is 22.9 Å². The van der Waals surface area contributed by atoms with Crippen molar-refractivity contribution in [3.05, 3.63) is 50.6 Å². The highest BCUT2D eigenvalue weighted by Crippen LogP contribution is 2.24. The fourth-order valence-corrected chi connectivity index (χ4v) is 13.6. The van der Waals surface area contributed by atoms with E-state index in [4.69, 9.17) is 42.0 Å². The number of ether oxygens (including phenoxy) is 8. The van der Waals surface area contributed by atoms with Gasteiger partial charge >= 0.3 is 30.1 Å². The zero-order valence-corrected chi connectivity index (χ0v) is 36.9. The molecule has 0 bridgehead atoms. The Labute approximate surface area is 339 Å². The monoisotopic (exact) mass is 846 g/mol. The molecule has 0 aromatic heterocycles. The quantitative estimate of drug-likeness (QED) is 0.0161.